The summed E-state index contributed by atoms with van der Waals surface area (Å²) in [4.78, 5) is 4.59. The summed E-state index contributed by atoms with van der Waals surface area (Å²) in [5.74, 6) is 2.88. The predicted octanol–water partition coefficient (Wildman–Crippen LogP) is 1.93. The third-order valence-electron chi connectivity index (χ3n) is 3.17. The molecule has 0 saturated carbocycles. The number of fused-ring (bicyclic) bond motifs is 1. The van der Waals surface area contributed by atoms with Crippen molar-refractivity contribution in [1.82, 2.24) is 25.2 Å². The molecule has 0 amide bonds. The van der Waals surface area contributed by atoms with Gasteiger partial charge in [-0.05, 0) is 43.9 Å². The van der Waals surface area contributed by atoms with E-state index in [1.807, 2.05) is 40.6 Å². The molecule has 0 atom stereocenters. The van der Waals surface area contributed by atoms with Crippen LogP contribution in [-0.4, -0.2) is 45.7 Å². The van der Waals surface area contributed by atoms with Crippen LogP contribution in [0.4, 0.5) is 0 Å². The molecule has 0 aliphatic heterocycles. The van der Waals surface area contributed by atoms with Crippen LogP contribution in [0, 0.1) is 0 Å². The van der Waals surface area contributed by atoms with Crippen molar-refractivity contribution in [2.75, 3.05) is 25.1 Å². The largest absolute Gasteiger partial charge is 0.357 e. The lowest BCUT2D eigenvalue weighted by Gasteiger charge is -2.10. The second kappa shape index (κ2) is 9.30. The van der Waals surface area contributed by atoms with Crippen LogP contribution in [0.5, 0.6) is 0 Å². The van der Waals surface area contributed by atoms with Crippen LogP contribution in [0.3, 0.4) is 0 Å². The van der Waals surface area contributed by atoms with Gasteiger partial charge in [0.2, 0.25) is 0 Å². The highest BCUT2D eigenvalue weighted by molar-refractivity contribution is 7.98. The topological polar surface area (TPSA) is 66.6 Å². The van der Waals surface area contributed by atoms with Gasteiger partial charge in [0.1, 0.15) is 6.54 Å². The highest BCUT2D eigenvalue weighted by Gasteiger charge is 2.04. The van der Waals surface area contributed by atoms with Gasteiger partial charge in [-0.1, -0.05) is 6.07 Å². The zero-order chi connectivity index (χ0) is 15.6. The summed E-state index contributed by atoms with van der Waals surface area (Å²) in [5, 5.41) is 15.0. The van der Waals surface area contributed by atoms with Gasteiger partial charge in [-0.25, -0.2) is 4.99 Å². The maximum Gasteiger partial charge on any atom is 0.191 e. The van der Waals surface area contributed by atoms with E-state index in [1.165, 1.54) is 12.2 Å². The fourth-order valence-electron chi connectivity index (χ4n) is 2.07. The molecule has 0 aliphatic rings. The molecular weight excluding hydrogens is 296 g/mol. The highest BCUT2D eigenvalue weighted by Crippen LogP contribution is 2.03. The van der Waals surface area contributed by atoms with Gasteiger partial charge in [0.05, 0.1) is 0 Å². The Morgan fingerprint density at radius 1 is 1.27 bits per heavy atom. The molecule has 0 spiro atoms. The lowest BCUT2D eigenvalue weighted by Crippen LogP contribution is -2.37. The molecule has 2 rings (SSSR count). The van der Waals surface area contributed by atoms with Crippen molar-refractivity contribution >= 4 is 23.4 Å². The molecule has 120 valence electrons. The molecule has 0 aromatic carbocycles. The normalized spacial score (nSPS) is 11.8. The molecule has 2 aromatic rings. The molecule has 2 N–H and O–H groups in total. The maximum atomic E-state index is 4.59. The Hall–Kier alpha value is -1.76. The Morgan fingerprint density at radius 3 is 3.00 bits per heavy atom. The van der Waals surface area contributed by atoms with Crippen LogP contribution in [-0.2, 0) is 6.54 Å². The van der Waals surface area contributed by atoms with Crippen molar-refractivity contribution < 1.29 is 0 Å². The first-order valence-corrected chi connectivity index (χ1v) is 9.04. The van der Waals surface area contributed by atoms with Crippen LogP contribution in [0.25, 0.3) is 5.65 Å². The third kappa shape index (κ3) is 4.91. The minimum Gasteiger partial charge on any atom is -0.357 e. The number of rotatable bonds is 8. The zero-order valence-corrected chi connectivity index (χ0v) is 14.1. The predicted molar refractivity (Wildman–Crippen MR) is 93.4 cm³/mol. The molecule has 0 fully saturated rings. The second-order valence-corrected chi connectivity index (χ2v) is 5.85. The van der Waals surface area contributed by atoms with Crippen LogP contribution < -0.4 is 10.6 Å². The lowest BCUT2D eigenvalue weighted by atomic mass is 10.3. The Kier molecular flexibility index (Phi) is 7.02. The summed E-state index contributed by atoms with van der Waals surface area (Å²) in [6, 6.07) is 5.87. The summed E-state index contributed by atoms with van der Waals surface area (Å²) < 4.78 is 1.96. The molecule has 0 radical (unpaired) electrons. The number of pyridine rings is 1. The number of nitrogens with one attached hydrogen (secondary N) is 2. The Labute approximate surface area is 135 Å². The highest BCUT2D eigenvalue weighted by atomic mass is 32.2. The van der Waals surface area contributed by atoms with Crippen molar-refractivity contribution in [2.45, 2.75) is 26.3 Å². The fourth-order valence-corrected chi connectivity index (χ4v) is 2.56. The maximum absolute atomic E-state index is 4.59. The van der Waals surface area contributed by atoms with Gasteiger partial charge in [0, 0.05) is 19.3 Å². The minimum absolute atomic E-state index is 0.505. The van der Waals surface area contributed by atoms with Crippen LogP contribution in [0.2, 0.25) is 0 Å². The molecule has 2 aromatic heterocycles. The molecule has 0 unspecified atom stereocenters. The first kappa shape index (κ1) is 16.6. The zero-order valence-electron chi connectivity index (χ0n) is 13.2. The molecule has 2 heterocycles. The smallest absolute Gasteiger partial charge is 0.191 e. The quantitative estimate of drug-likeness (QED) is 0.442. The summed E-state index contributed by atoms with van der Waals surface area (Å²) in [5.41, 5.74) is 0.850. The number of unbranched alkanes of at least 4 members (excludes halogenated alkanes) is 1. The van der Waals surface area contributed by atoms with Crippen molar-refractivity contribution in [3.05, 3.63) is 30.2 Å². The van der Waals surface area contributed by atoms with E-state index in [-0.39, 0.29) is 0 Å². The van der Waals surface area contributed by atoms with E-state index in [0.29, 0.717) is 6.54 Å². The Morgan fingerprint density at radius 2 is 2.18 bits per heavy atom. The van der Waals surface area contributed by atoms with E-state index in [4.69, 9.17) is 0 Å². The summed E-state index contributed by atoms with van der Waals surface area (Å²) in [7, 11) is 0. The first-order valence-electron chi connectivity index (χ1n) is 7.65. The van der Waals surface area contributed by atoms with E-state index in [0.717, 1.165) is 36.9 Å². The molecular formula is C15H24N6S. The lowest BCUT2D eigenvalue weighted by molar-refractivity contribution is 0.731. The fraction of sp³-hybridized carbons (Fsp3) is 0.533. The average Bonchev–Trinajstić information content (AvgIpc) is 2.95. The van der Waals surface area contributed by atoms with E-state index in [1.54, 1.807) is 0 Å². The van der Waals surface area contributed by atoms with Gasteiger partial charge in [0.25, 0.3) is 0 Å². The SMILES string of the molecule is CCNC(=NCc1nnc2ccccn12)NCCCCSC. The van der Waals surface area contributed by atoms with Crippen molar-refractivity contribution in [2.24, 2.45) is 4.99 Å². The van der Waals surface area contributed by atoms with Crippen LogP contribution in [0.1, 0.15) is 25.6 Å². The summed E-state index contributed by atoms with van der Waals surface area (Å²) in [6.45, 7) is 4.35. The number of aliphatic imine (C=N–C) groups is 1. The number of nitrogens with zero attached hydrogens (tertiary/aromatic N) is 4. The van der Waals surface area contributed by atoms with Crippen molar-refractivity contribution in [3.63, 3.8) is 0 Å². The molecule has 6 nitrogen and oxygen atoms in total. The monoisotopic (exact) mass is 320 g/mol. The molecule has 0 aliphatic carbocycles. The molecule has 0 saturated heterocycles. The minimum atomic E-state index is 0.505. The van der Waals surface area contributed by atoms with E-state index >= 15 is 0 Å². The molecule has 0 bridgehead atoms. The Bertz CT molecular complexity index is 594. The third-order valence-corrected chi connectivity index (χ3v) is 3.87. The van der Waals surface area contributed by atoms with Crippen LogP contribution >= 0.6 is 11.8 Å². The van der Waals surface area contributed by atoms with Gasteiger partial charge in [-0.3, -0.25) is 4.40 Å². The van der Waals surface area contributed by atoms with Gasteiger partial charge < -0.3 is 10.6 Å². The number of guanidine groups is 1. The van der Waals surface area contributed by atoms with Crippen LogP contribution in [0.15, 0.2) is 29.4 Å². The summed E-state index contributed by atoms with van der Waals surface area (Å²) in [6.07, 6.45) is 6.48. The van der Waals surface area contributed by atoms with Gasteiger partial charge >= 0.3 is 0 Å². The van der Waals surface area contributed by atoms with E-state index in [2.05, 4.69) is 39.0 Å². The van der Waals surface area contributed by atoms with Crippen molar-refractivity contribution in [3.8, 4) is 0 Å². The number of thioether (sulfide) groups is 1. The van der Waals surface area contributed by atoms with Gasteiger partial charge in [-0.2, -0.15) is 11.8 Å². The molecule has 7 heteroatoms. The second-order valence-electron chi connectivity index (χ2n) is 4.87. The van der Waals surface area contributed by atoms with E-state index < -0.39 is 0 Å². The van der Waals surface area contributed by atoms with Gasteiger partial charge in [0.15, 0.2) is 17.4 Å². The summed E-state index contributed by atoms with van der Waals surface area (Å²) >= 11 is 1.89. The van der Waals surface area contributed by atoms with E-state index in [9.17, 15) is 0 Å². The van der Waals surface area contributed by atoms with Crippen molar-refractivity contribution in [1.29, 1.82) is 0 Å². The average molecular weight is 320 g/mol. The number of aromatic nitrogens is 3. The number of hydrogen-bond acceptors (Lipinski definition) is 4. The van der Waals surface area contributed by atoms with Gasteiger partial charge in [-0.15, -0.1) is 10.2 Å². The number of hydrogen-bond donors (Lipinski definition) is 2. The molecule has 22 heavy (non-hydrogen) atoms. The Balaban J connectivity index is 1.91. The first-order chi connectivity index (χ1) is 10.8. The standard InChI is InChI=1S/C15H24N6S/c1-3-16-15(17-9-5-7-11-22-2)18-12-14-20-19-13-8-4-6-10-21(13)14/h4,6,8,10H,3,5,7,9,11-12H2,1-2H3,(H2,16,17,18).